The number of amidine groups is 1. The number of carbonyl (C=O) groups is 1. The third-order valence-corrected chi connectivity index (χ3v) is 5.60. The van der Waals surface area contributed by atoms with Crippen LogP contribution in [0.25, 0.3) is 0 Å². The Balaban J connectivity index is 1.85. The molecule has 0 aromatic heterocycles. The summed E-state index contributed by atoms with van der Waals surface area (Å²) in [6, 6.07) is 9.62. The van der Waals surface area contributed by atoms with Crippen LogP contribution in [0.4, 0.5) is 16.2 Å². The Hall–Kier alpha value is -2.72. The van der Waals surface area contributed by atoms with Crippen LogP contribution < -0.4 is 14.2 Å². The van der Waals surface area contributed by atoms with E-state index in [-0.39, 0.29) is 15.8 Å². The quantitative estimate of drug-likeness (QED) is 0.592. The van der Waals surface area contributed by atoms with Crippen LogP contribution in [-0.2, 0) is 14.9 Å². The summed E-state index contributed by atoms with van der Waals surface area (Å²) in [7, 11) is -2.76. The molecule has 2 N–H and O–H groups in total. The first-order chi connectivity index (χ1) is 12.8. The zero-order valence-corrected chi connectivity index (χ0v) is 16.4. The van der Waals surface area contributed by atoms with Gasteiger partial charge < -0.3 is 13.6 Å². The van der Waals surface area contributed by atoms with Gasteiger partial charge in [0.1, 0.15) is 10.6 Å². The van der Waals surface area contributed by atoms with E-state index >= 15 is 0 Å². The summed E-state index contributed by atoms with van der Waals surface area (Å²) >= 11 is 1.03. The van der Waals surface area contributed by atoms with Crippen molar-refractivity contribution in [3.63, 3.8) is 0 Å². The number of hydrogen-bond donors (Lipinski definition) is 2. The van der Waals surface area contributed by atoms with Crippen LogP contribution in [0.5, 0.6) is 5.75 Å². The molecular weight excluding hydrogens is 390 g/mol. The zero-order valence-electron chi connectivity index (χ0n) is 14.8. The summed E-state index contributed by atoms with van der Waals surface area (Å²) in [6.45, 7) is 3.70. The van der Waals surface area contributed by atoms with Gasteiger partial charge in [-0.25, -0.2) is 9.79 Å². The number of rotatable bonds is 3. The van der Waals surface area contributed by atoms with Crippen molar-refractivity contribution in [2.24, 2.45) is 4.99 Å². The van der Waals surface area contributed by atoms with Gasteiger partial charge in [0.2, 0.25) is 0 Å². The number of fused-ring (bicyclic) bond motifs is 1. The van der Waals surface area contributed by atoms with Crippen molar-refractivity contribution in [2.45, 2.75) is 18.7 Å². The highest BCUT2D eigenvalue weighted by molar-refractivity contribution is 8.15. The molecule has 142 valence electrons. The van der Waals surface area contributed by atoms with E-state index in [9.17, 15) is 13.2 Å². The largest absolute Gasteiger partial charge is 0.453 e. The predicted octanol–water partition coefficient (Wildman–Crippen LogP) is 3.49. The minimum absolute atomic E-state index is 0.00565. The molecule has 3 rings (SSSR count). The van der Waals surface area contributed by atoms with Crippen molar-refractivity contribution < 1.29 is 22.1 Å². The molecule has 0 spiro atoms. The number of carbonyl (C=O) groups excluding carboxylic acids is 1. The Kier molecular flexibility index (Phi) is 5.29. The first kappa shape index (κ1) is 19.1. The average Bonchev–Trinajstić information content (AvgIpc) is 2.63. The molecule has 27 heavy (non-hydrogen) atoms. The summed E-state index contributed by atoms with van der Waals surface area (Å²) in [6.07, 6.45) is -0.646. The molecule has 0 fully saturated rings. The molecule has 0 aliphatic carbocycles. The lowest BCUT2D eigenvalue weighted by Crippen LogP contribution is -2.29. The second-order valence-electron chi connectivity index (χ2n) is 5.72. The number of aliphatic imine (C=N–C) groups is 1. The fourth-order valence-corrected chi connectivity index (χ4v) is 4.00. The number of alkyl carbamates (subject to hydrolysis) is 1. The number of nitrogens with zero attached hydrogens (tertiary/aromatic N) is 1. The lowest BCUT2D eigenvalue weighted by atomic mass is 10.1. The maximum Gasteiger partial charge on any atom is 0.412 e. The Morgan fingerprint density at radius 1 is 1.19 bits per heavy atom. The van der Waals surface area contributed by atoms with Gasteiger partial charge in [-0.2, -0.15) is 8.42 Å². The Bertz CT molecular complexity index is 1030. The molecule has 2 aromatic rings. The number of aryl methyl sites for hydroxylation is 2. The van der Waals surface area contributed by atoms with Crippen molar-refractivity contribution in [1.29, 1.82) is 0 Å². The van der Waals surface area contributed by atoms with Crippen molar-refractivity contribution >= 4 is 44.7 Å². The zero-order chi connectivity index (χ0) is 19.6. The van der Waals surface area contributed by atoms with Gasteiger partial charge in [0, 0.05) is 11.9 Å². The Labute approximate surface area is 161 Å². The predicted molar refractivity (Wildman–Crippen MR) is 104 cm³/mol. The van der Waals surface area contributed by atoms with Crippen LogP contribution in [0.15, 0.2) is 46.3 Å². The fourth-order valence-electron chi connectivity index (χ4n) is 2.34. The van der Waals surface area contributed by atoms with Crippen molar-refractivity contribution in [1.82, 2.24) is 5.32 Å². The molecule has 10 heteroatoms. The average molecular weight is 407 g/mol. The van der Waals surface area contributed by atoms with E-state index in [1.165, 1.54) is 25.3 Å². The van der Waals surface area contributed by atoms with E-state index in [1.54, 1.807) is 19.1 Å². The number of benzene rings is 2. The molecule has 8 nitrogen and oxygen atoms in total. The number of anilines is 1. The molecule has 1 aliphatic rings. The summed E-state index contributed by atoms with van der Waals surface area (Å²) in [5, 5.41) is 2.73. The van der Waals surface area contributed by atoms with E-state index in [2.05, 4.69) is 19.8 Å². The van der Waals surface area contributed by atoms with Gasteiger partial charge in [-0.1, -0.05) is 17.7 Å². The minimum Gasteiger partial charge on any atom is -0.453 e. The van der Waals surface area contributed by atoms with Crippen molar-refractivity contribution in [2.75, 3.05) is 11.8 Å². The van der Waals surface area contributed by atoms with Crippen LogP contribution in [0.2, 0.25) is 0 Å². The van der Waals surface area contributed by atoms with Gasteiger partial charge in [0.05, 0.1) is 18.5 Å². The molecule has 0 radical (unpaired) electrons. The van der Waals surface area contributed by atoms with Gasteiger partial charge in [-0.3, -0.25) is 5.32 Å². The van der Waals surface area contributed by atoms with Crippen molar-refractivity contribution in [3.05, 3.63) is 47.5 Å². The normalized spacial score (nSPS) is 13.1. The van der Waals surface area contributed by atoms with Gasteiger partial charge in [-0.05, 0) is 43.7 Å². The van der Waals surface area contributed by atoms with Crippen LogP contribution in [0, 0.1) is 13.8 Å². The first-order valence-corrected chi connectivity index (χ1v) is 10.0. The maximum absolute atomic E-state index is 12.6. The van der Waals surface area contributed by atoms with E-state index in [0.29, 0.717) is 11.4 Å². The highest BCUT2D eigenvalue weighted by Gasteiger charge is 2.22. The lowest BCUT2D eigenvalue weighted by molar-refractivity contribution is 0.177. The number of hydrogen-bond acceptors (Lipinski definition) is 8. The second kappa shape index (κ2) is 7.49. The smallest absolute Gasteiger partial charge is 0.412 e. The van der Waals surface area contributed by atoms with E-state index in [0.717, 1.165) is 23.1 Å². The molecule has 0 atom stereocenters. The number of nitrogens with one attached hydrogen (secondary N) is 2. The maximum atomic E-state index is 12.6. The van der Waals surface area contributed by atoms with Gasteiger partial charge in [0.25, 0.3) is 0 Å². The third kappa shape index (κ3) is 4.34. The highest BCUT2D eigenvalue weighted by Crippen LogP contribution is 2.35. The topological polar surface area (TPSA) is 106 Å². The van der Waals surface area contributed by atoms with Crippen molar-refractivity contribution in [3.8, 4) is 5.75 Å². The van der Waals surface area contributed by atoms with Crippen LogP contribution in [0.1, 0.15) is 11.1 Å². The van der Waals surface area contributed by atoms with Crippen LogP contribution in [0.3, 0.4) is 0 Å². The molecule has 1 heterocycles. The number of methoxy groups -OCH3 is 1. The summed E-state index contributed by atoms with van der Waals surface area (Å²) in [5.74, 6) is 0.281. The van der Waals surface area contributed by atoms with E-state index in [1.807, 2.05) is 13.0 Å². The van der Waals surface area contributed by atoms with E-state index < -0.39 is 16.2 Å². The molecule has 1 amide bonds. The standard InChI is InChI=1S/C17H17N3O5S2/c1-10-4-7-15(11(2)8-10)25-27(22,23)12-5-6-13-14(9-12)20-26-16(18-13)19-17(21)24-3/h4-9,20H,1-3H3,(H,18,19,21). The number of ether oxygens (including phenoxy) is 1. The van der Waals surface area contributed by atoms with Crippen LogP contribution in [-0.4, -0.2) is 26.8 Å². The lowest BCUT2D eigenvalue weighted by Gasteiger charge is -2.17. The molecule has 1 aliphatic heterocycles. The van der Waals surface area contributed by atoms with Gasteiger partial charge in [0.15, 0.2) is 5.17 Å². The van der Waals surface area contributed by atoms with Gasteiger partial charge in [-0.15, -0.1) is 0 Å². The van der Waals surface area contributed by atoms with Crippen LogP contribution >= 0.6 is 11.9 Å². The molecule has 0 saturated carbocycles. The summed E-state index contributed by atoms with van der Waals surface area (Å²) < 4.78 is 37.9. The third-order valence-electron chi connectivity index (χ3n) is 3.66. The molecule has 0 unspecified atom stereocenters. The Morgan fingerprint density at radius 2 is 1.96 bits per heavy atom. The monoisotopic (exact) mass is 407 g/mol. The Morgan fingerprint density at radius 3 is 2.67 bits per heavy atom. The highest BCUT2D eigenvalue weighted by atomic mass is 32.2. The summed E-state index contributed by atoms with van der Waals surface area (Å²) in [5.41, 5.74) is 2.71. The fraction of sp³-hybridized carbons (Fsp3) is 0.176. The molecule has 2 aromatic carbocycles. The SMILES string of the molecule is COC(=O)NC1=Nc2ccc(S(=O)(=O)Oc3ccc(C)cc3C)cc2NS1. The molecule has 0 bridgehead atoms. The number of amides is 1. The first-order valence-electron chi connectivity index (χ1n) is 7.81. The summed E-state index contributed by atoms with van der Waals surface area (Å²) in [4.78, 5) is 15.5. The minimum atomic E-state index is -4.01. The van der Waals surface area contributed by atoms with Gasteiger partial charge >= 0.3 is 16.2 Å². The second-order valence-corrected chi connectivity index (χ2v) is 8.06. The molecule has 0 saturated heterocycles. The van der Waals surface area contributed by atoms with E-state index in [4.69, 9.17) is 4.18 Å². The molecular formula is C17H17N3O5S2.